The predicted molar refractivity (Wildman–Crippen MR) is 85.5 cm³/mol. The van der Waals surface area contributed by atoms with Crippen LogP contribution in [-0.2, 0) is 15.0 Å². The summed E-state index contributed by atoms with van der Waals surface area (Å²) in [6.45, 7) is 0. The quantitative estimate of drug-likeness (QED) is 0.386. The summed E-state index contributed by atoms with van der Waals surface area (Å²) in [6, 6.07) is 10.2. The fourth-order valence-electron chi connectivity index (χ4n) is 1.76. The summed E-state index contributed by atoms with van der Waals surface area (Å²) in [7, 11) is -4.78. The number of hydrogen-bond donors (Lipinski definition) is 1. The van der Waals surface area contributed by atoms with Gasteiger partial charge in [0.15, 0.2) is 0 Å². The van der Waals surface area contributed by atoms with Crippen molar-refractivity contribution in [2.45, 2.75) is 4.90 Å². The Morgan fingerprint density at radius 1 is 1.08 bits per heavy atom. The van der Waals surface area contributed by atoms with Crippen molar-refractivity contribution >= 4 is 33.6 Å². The Morgan fingerprint density at radius 3 is 2.17 bits per heavy atom. The Kier molecular flexibility index (Phi) is 5.05. The molecule has 2 aromatic carbocycles. The topological polar surface area (TPSA) is 106 Å². The monoisotopic (exact) mass is 350 g/mol. The van der Waals surface area contributed by atoms with E-state index in [1.807, 2.05) is 0 Å². The second-order valence-electron chi connectivity index (χ2n) is 4.63. The summed E-state index contributed by atoms with van der Waals surface area (Å²) in [5.74, 6) is -0.496. The van der Waals surface area contributed by atoms with Gasteiger partial charge in [-0.3, -0.25) is 14.9 Å². The first-order valence-electron chi connectivity index (χ1n) is 6.54. The molecule has 2 rings (SSSR count). The molecule has 1 N–H and O–H groups in total. The van der Waals surface area contributed by atoms with Crippen LogP contribution in [0.2, 0.25) is 0 Å². The van der Waals surface area contributed by atoms with Gasteiger partial charge in [-0.25, -0.2) is 0 Å². The van der Waals surface area contributed by atoms with Gasteiger partial charge in [-0.1, -0.05) is 0 Å². The minimum absolute atomic E-state index is 0.0560. The fourth-order valence-corrected chi connectivity index (χ4v) is 2.22. The van der Waals surface area contributed by atoms with Gasteiger partial charge in [0.25, 0.3) is 5.69 Å². The third-order valence-electron chi connectivity index (χ3n) is 2.93. The molecule has 0 spiro atoms. The van der Waals surface area contributed by atoms with Gasteiger partial charge in [0.05, 0.1) is 9.82 Å². The zero-order valence-corrected chi connectivity index (χ0v) is 12.9. The van der Waals surface area contributed by atoms with E-state index < -0.39 is 25.9 Å². The van der Waals surface area contributed by atoms with Crippen LogP contribution in [0.25, 0.3) is 6.08 Å². The summed E-state index contributed by atoms with van der Waals surface area (Å²) in [6.07, 6.45) is 2.67. The number of benzene rings is 2. The van der Waals surface area contributed by atoms with Gasteiger partial charge in [0.2, 0.25) is 5.91 Å². The minimum Gasteiger partial charge on any atom is -0.323 e. The lowest BCUT2D eigenvalue weighted by molar-refractivity contribution is -0.384. The van der Waals surface area contributed by atoms with Crippen molar-refractivity contribution < 1.29 is 22.0 Å². The first kappa shape index (κ1) is 17.3. The maximum atomic E-state index is 12.7. The number of carbonyl (C=O) groups excluding carboxylic acids is 1. The molecule has 0 unspecified atom stereocenters. The lowest BCUT2D eigenvalue weighted by Gasteiger charge is -2.02. The Morgan fingerprint density at radius 2 is 1.67 bits per heavy atom. The van der Waals surface area contributed by atoms with Gasteiger partial charge in [-0.05, 0) is 48.0 Å². The molecule has 0 aliphatic carbocycles. The smallest absolute Gasteiger partial charge is 0.323 e. The number of halogens is 1. The van der Waals surface area contributed by atoms with E-state index in [9.17, 15) is 27.2 Å². The highest BCUT2D eigenvalue weighted by molar-refractivity contribution is 7.86. The molecule has 0 saturated heterocycles. The molecule has 7 nitrogen and oxygen atoms in total. The number of nitrogens with one attached hydrogen (secondary N) is 1. The number of carbonyl (C=O) groups is 1. The number of non-ortho nitro benzene ring substituents is 1. The average molecular weight is 350 g/mol. The summed E-state index contributed by atoms with van der Waals surface area (Å²) < 4.78 is 34.1. The number of nitro benzene ring substituents is 1. The second-order valence-corrected chi connectivity index (χ2v) is 5.98. The van der Waals surface area contributed by atoms with Gasteiger partial charge in [-0.15, -0.1) is 3.89 Å². The molecule has 0 fully saturated rings. The highest BCUT2D eigenvalue weighted by atomic mass is 32.3. The number of hydrogen-bond acceptors (Lipinski definition) is 5. The fraction of sp³-hybridized carbons (Fsp3) is 0. The molecule has 0 aromatic heterocycles. The van der Waals surface area contributed by atoms with Crippen molar-refractivity contribution in [2.24, 2.45) is 0 Å². The largest absolute Gasteiger partial charge is 0.332 e. The van der Waals surface area contributed by atoms with Crippen molar-refractivity contribution in [2.75, 3.05) is 5.32 Å². The Hall–Kier alpha value is -3.07. The van der Waals surface area contributed by atoms with Gasteiger partial charge >= 0.3 is 10.2 Å². The van der Waals surface area contributed by atoms with E-state index in [0.717, 1.165) is 12.1 Å². The minimum atomic E-state index is -4.78. The molecule has 1 amide bonds. The molecule has 0 radical (unpaired) electrons. The Balaban J connectivity index is 2.01. The number of nitro groups is 1. The van der Waals surface area contributed by atoms with Crippen LogP contribution in [0, 0.1) is 10.1 Å². The number of nitrogens with zero attached hydrogens (tertiary/aromatic N) is 1. The average Bonchev–Trinajstić information content (AvgIpc) is 2.53. The number of amides is 1. The van der Waals surface area contributed by atoms with Gasteiger partial charge in [0.1, 0.15) is 0 Å². The standard InChI is InChI=1S/C15H11FN2O5S/c16-24(22,23)14-8-4-12(5-9-14)17-15(19)10-3-11-1-6-13(7-2-11)18(20)21/h1-10H,(H,17,19). The SMILES string of the molecule is O=C(C=Cc1ccc([N+](=O)[O-])cc1)Nc1ccc(S(=O)(=O)F)cc1. The van der Waals surface area contributed by atoms with E-state index in [2.05, 4.69) is 5.32 Å². The van der Waals surface area contributed by atoms with Gasteiger partial charge in [0, 0.05) is 23.9 Å². The first-order valence-corrected chi connectivity index (χ1v) is 7.92. The number of rotatable bonds is 5. The second kappa shape index (κ2) is 7.01. The van der Waals surface area contributed by atoms with E-state index in [-0.39, 0.29) is 5.69 Å². The predicted octanol–water partition coefficient (Wildman–Crippen LogP) is 2.90. The summed E-state index contributed by atoms with van der Waals surface area (Å²) in [5.41, 5.74) is 0.829. The van der Waals surface area contributed by atoms with Gasteiger partial charge < -0.3 is 5.32 Å². The van der Waals surface area contributed by atoms with E-state index in [1.165, 1.54) is 48.6 Å². The van der Waals surface area contributed by atoms with E-state index in [1.54, 1.807) is 0 Å². The molecule has 9 heteroatoms. The molecular weight excluding hydrogens is 339 g/mol. The van der Waals surface area contributed by atoms with Crippen LogP contribution in [0.1, 0.15) is 5.56 Å². The molecule has 0 aliphatic heterocycles. The summed E-state index contributed by atoms with van der Waals surface area (Å²) >= 11 is 0. The molecule has 0 aliphatic rings. The molecule has 2 aromatic rings. The zero-order chi connectivity index (χ0) is 17.7. The van der Waals surface area contributed by atoms with Crippen LogP contribution in [0.5, 0.6) is 0 Å². The maximum absolute atomic E-state index is 12.7. The lowest BCUT2D eigenvalue weighted by Crippen LogP contribution is -2.07. The van der Waals surface area contributed by atoms with Gasteiger partial charge in [-0.2, -0.15) is 8.42 Å². The van der Waals surface area contributed by atoms with Crippen LogP contribution >= 0.6 is 0 Å². The van der Waals surface area contributed by atoms with Crippen molar-refractivity contribution in [3.63, 3.8) is 0 Å². The molecule has 0 atom stereocenters. The van der Waals surface area contributed by atoms with Crippen molar-refractivity contribution in [3.8, 4) is 0 Å². The normalized spacial score (nSPS) is 11.4. The van der Waals surface area contributed by atoms with Crippen LogP contribution < -0.4 is 5.32 Å². The van der Waals surface area contributed by atoms with E-state index in [4.69, 9.17) is 0 Å². The van der Waals surface area contributed by atoms with Crippen LogP contribution in [0.4, 0.5) is 15.3 Å². The Labute approximate surface area is 136 Å². The molecular formula is C15H11FN2O5S. The highest BCUT2D eigenvalue weighted by Crippen LogP contribution is 2.16. The van der Waals surface area contributed by atoms with Crippen molar-refractivity contribution in [1.29, 1.82) is 0 Å². The van der Waals surface area contributed by atoms with Crippen LogP contribution in [0.3, 0.4) is 0 Å². The molecule has 24 heavy (non-hydrogen) atoms. The molecule has 124 valence electrons. The molecule has 0 bridgehead atoms. The van der Waals surface area contributed by atoms with Crippen LogP contribution in [0.15, 0.2) is 59.5 Å². The third kappa shape index (κ3) is 4.71. The Bertz CT molecular complexity index is 890. The lowest BCUT2D eigenvalue weighted by atomic mass is 10.2. The highest BCUT2D eigenvalue weighted by Gasteiger charge is 2.11. The van der Waals surface area contributed by atoms with E-state index in [0.29, 0.717) is 11.3 Å². The molecule has 0 heterocycles. The maximum Gasteiger partial charge on any atom is 0.332 e. The third-order valence-corrected chi connectivity index (χ3v) is 3.77. The van der Waals surface area contributed by atoms with Crippen molar-refractivity contribution in [3.05, 3.63) is 70.3 Å². The summed E-state index contributed by atoms with van der Waals surface area (Å²) in [4.78, 5) is 21.2. The molecule has 0 saturated carbocycles. The summed E-state index contributed by atoms with van der Waals surface area (Å²) in [5, 5.41) is 13.0. The van der Waals surface area contributed by atoms with Crippen LogP contribution in [-0.4, -0.2) is 19.2 Å². The first-order chi connectivity index (χ1) is 11.3. The zero-order valence-electron chi connectivity index (χ0n) is 12.0. The van der Waals surface area contributed by atoms with E-state index >= 15 is 0 Å². The number of anilines is 1. The van der Waals surface area contributed by atoms with Crippen molar-refractivity contribution in [1.82, 2.24) is 0 Å².